The molecular weight excluding hydrogens is 378 g/mol. The molecule has 0 saturated heterocycles. The maximum atomic E-state index is 13.6. The zero-order chi connectivity index (χ0) is 20.9. The second kappa shape index (κ2) is 6.72. The van der Waals surface area contributed by atoms with Crippen molar-refractivity contribution in [2.24, 2.45) is 5.92 Å². The molecule has 2 atom stereocenters. The molecule has 8 heteroatoms. The van der Waals surface area contributed by atoms with Crippen molar-refractivity contribution in [1.29, 1.82) is 0 Å². The van der Waals surface area contributed by atoms with Gasteiger partial charge in [0.1, 0.15) is 17.4 Å². The van der Waals surface area contributed by atoms with Gasteiger partial charge in [0, 0.05) is 25.3 Å². The minimum Gasteiger partial charge on any atom is -0.497 e. The number of fused-ring (bicyclic) bond motifs is 2. The summed E-state index contributed by atoms with van der Waals surface area (Å²) >= 11 is 0. The lowest BCUT2D eigenvalue weighted by atomic mass is 9.76. The van der Waals surface area contributed by atoms with Gasteiger partial charge in [-0.2, -0.15) is 0 Å². The molecule has 3 aliphatic rings. The second-order valence-electron chi connectivity index (χ2n) is 7.18. The predicted octanol–water partition coefficient (Wildman–Crippen LogP) is 2.00. The highest BCUT2D eigenvalue weighted by molar-refractivity contribution is 6.24. The smallest absolute Gasteiger partial charge is 0.318 e. The molecule has 0 radical (unpaired) electrons. The number of ether oxygens (including phenoxy) is 3. The monoisotopic (exact) mass is 399 g/mol. The minimum atomic E-state index is -1.85. The molecule has 4 rings (SSSR count). The van der Waals surface area contributed by atoms with E-state index in [1.807, 2.05) is 0 Å². The van der Waals surface area contributed by atoms with E-state index in [0.717, 1.165) is 4.90 Å². The third-order valence-corrected chi connectivity index (χ3v) is 5.59. The molecular formula is C21H21NO7. The van der Waals surface area contributed by atoms with Crippen molar-refractivity contribution in [2.45, 2.75) is 38.7 Å². The summed E-state index contributed by atoms with van der Waals surface area (Å²) in [6.07, 6.45) is 1.27. The van der Waals surface area contributed by atoms with Crippen LogP contribution in [-0.4, -0.2) is 37.3 Å². The first-order chi connectivity index (χ1) is 13.9. The molecule has 0 bridgehead atoms. The summed E-state index contributed by atoms with van der Waals surface area (Å²) in [5, 5.41) is 0. The van der Waals surface area contributed by atoms with Crippen molar-refractivity contribution >= 4 is 29.3 Å². The van der Waals surface area contributed by atoms with Crippen molar-refractivity contribution in [1.82, 2.24) is 0 Å². The van der Waals surface area contributed by atoms with Gasteiger partial charge in [-0.3, -0.25) is 19.2 Å². The van der Waals surface area contributed by atoms with E-state index >= 15 is 0 Å². The van der Waals surface area contributed by atoms with E-state index in [1.54, 1.807) is 25.1 Å². The molecule has 29 heavy (non-hydrogen) atoms. The number of rotatable bonds is 3. The number of ketones is 1. The number of carbonyl (C=O) groups excluding carboxylic acids is 4. The molecule has 1 spiro atoms. The van der Waals surface area contributed by atoms with Gasteiger partial charge >= 0.3 is 5.97 Å². The fraction of sp³-hybridized carbons (Fsp3) is 0.429. The molecule has 8 nitrogen and oxygen atoms in total. The highest BCUT2D eigenvalue weighted by Gasteiger charge is 2.67. The van der Waals surface area contributed by atoms with Gasteiger partial charge in [0.25, 0.3) is 5.91 Å². The van der Waals surface area contributed by atoms with Crippen LogP contribution in [0.15, 0.2) is 29.5 Å². The normalized spacial score (nSPS) is 25.1. The SMILES string of the molecule is CCOC(=O)C1C2=C(CCCC2=O)OC12C(=O)N(C(C)=O)c1ccc(OC)cc12. The van der Waals surface area contributed by atoms with E-state index < -0.39 is 29.3 Å². The Morgan fingerprint density at radius 1 is 1.28 bits per heavy atom. The number of allylic oxidation sites excluding steroid dienone is 1. The standard InChI is InChI=1S/C21H21NO7/c1-4-28-19(25)18-17-15(24)6-5-7-16(17)29-21(18)13-10-12(27-3)8-9-14(13)22(11(2)23)20(21)26/h8-10,18H,4-7H2,1-3H3. The summed E-state index contributed by atoms with van der Waals surface area (Å²) in [7, 11) is 1.47. The molecule has 2 aliphatic heterocycles. The van der Waals surface area contributed by atoms with Gasteiger partial charge in [0.2, 0.25) is 11.5 Å². The van der Waals surface area contributed by atoms with Gasteiger partial charge in [-0.1, -0.05) is 0 Å². The summed E-state index contributed by atoms with van der Waals surface area (Å²) in [6, 6.07) is 4.77. The van der Waals surface area contributed by atoms with Crippen LogP contribution in [0.1, 0.15) is 38.7 Å². The molecule has 1 aromatic carbocycles. The Kier molecular flexibility index (Phi) is 4.44. The van der Waals surface area contributed by atoms with E-state index in [1.165, 1.54) is 14.0 Å². The number of Topliss-reactive ketones (excluding diaryl/α,β-unsaturated/α-hetero) is 1. The van der Waals surface area contributed by atoms with E-state index in [0.29, 0.717) is 35.6 Å². The Labute approximate surface area is 167 Å². The number of amides is 2. The van der Waals surface area contributed by atoms with Crippen LogP contribution in [0, 0.1) is 5.92 Å². The summed E-state index contributed by atoms with van der Waals surface area (Å²) in [4.78, 5) is 52.6. The van der Waals surface area contributed by atoms with Gasteiger partial charge in [0.05, 0.1) is 25.0 Å². The number of carbonyl (C=O) groups is 4. The van der Waals surface area contributed by atoms with E-state index in [-0.39, 0.29) is 24.4 Å². The molecule has 0 fully saturated rings. The van der Waals surface area contributed by atoms with Crippen LogP contribution in [0.25, 0.3) is 0 Å². The molecule has 0 saturated carbocycles. The third-order valence-electron chi connectivity index (χ3n) is 5.59. The van der Waals surface area contributed by atoms with Crippen LogP contribution in [0.3, 0.4) is 0 Å². The highest BCUT2D eigenvalue weighted by atomic mass is 16.5. The lowest BCUT2D eigenvalue weighted by molar-refractivity contribution is -0.161. The van der Waals surface area contributed by atoms with E-state index in [4.69, 9.17) is 14.2 Å². The van der Waals surface area contributed by atoms with Gasteiger partial charge < -0.3 is 14.2 Å². The molecule has 0 N–H and O–H groups in total. The highest BCUT2D eigenvalue weighted by Crippen LogP contribution is 2.57. The largest absolute Gasteiger partial charge is 0.497 e. The number of methoxy groups -OCH3 is 1. The maximum Gasteiger partial charge on any atom is 0.318 e. The second-order valence-corrected chi connectivity index (χ2v) is 7.18. The quantitative estimate of drug-likeness (QED) is 0.717. The van der Waals surface area contributed by atoms with Crippen molar-refractivity contribution in [3.8, 4) is 5.75 Å². The Morgan fingerprint density at radius 2 is 2.03 bits per heavy atom. The van der Waals surface area contributed by atoms with Gasteiger partial charge in [0.15, 0.2) is 5.78 Å². The average Bonchev–Trinajstić information content (AvgIpc) is 3.16. The first-order valence-electron chi connectivity index (χ1n) is 9.52. The van der Waals surface area contributed by atoms with Crippen LogP contribution in [0.4, 0.5) is 5.69 Å². The van der Waals surface area contributed by atoms with Crippen molar-refractivity contribution in [3.05, 3.63) is 35.1 Å². The molecule has 2 unspecified atom stereocenters. The molecule has 0 aromatic heterocycles. The van der Waals surface area contributed by atoms with E-state index in [2.05, 4.69) is 0 Å². The molecule has 2 amide bonds. The average molecular weight is 399 g/mol. The van der Waals surface area contributed by atoms with Crippen LogP contribution in [0.2, 0.25) is 0 Å². The van der Waals surface area contributed by atoms with Gasteiger partial charge in [-0.25, -0.2) is 4.90 Å². The summed E-state index contributed by atoms with van der Waals surface area (Å²) in [5.74, 6) is -2.68. The predicted molar refractivity (Wildman–Crippen MR) is 99.9 cm³/mol. The molecule has 1 aliphatic carbocycles. The molecule has 152 valence electrons. The lowest BCUT2D eigenvalue weighted by Crippen LogP contribution is -2.49. The Balaban J connectivity index is 1.98. The van der Waals surface area contributed by atoms with Crippen LogP contribution in [-0.2, 0) is 34.3 Å². The zero-order valence-electron chi connectivity index (χ0n) is 16.4. The number of hydrogen-bond donors (Lipinski definition) is 0. The fourth-order valence-corrected chi connectivity index (χ4v) is 4.44. The topological polar surface area (TPSA) is 99.2 Å². The number of imide groups is 1. The Morgan fingerprint density at radius 3 is 2.69 bits per heavy atom. The number of anilines is 1. The summed E-state index contributed by atoms with van der Waals surface area (Å²) in [5.41, 5.74) is -1.05. The Hall–Kier alpha value is -3.16. The third kappa shape index (κ3) is 2.51. The first-order valence-corrected chi connectivity index (χ1v) is 9.52. The van der Waals surface area contributed by atoms with Crippen molar-refractivity contribution < 1.29 is 33.4 Å². The summed E-state index contributed by atoms with van der Waals surface area (Å²) in [6.45, 7) is 2.99. The van der Waals surface area contributed by atoms with Crippen molar-refractivity contribution in [2.75, 3.05) is 18.6 Å². The maximum absolute atomic E-state index is 13.6. The number of hydrogen-bond acceptors (Lipinski definition) is 7. The van der Waals surface area contributed by atoms with Gasteiger partial charge in [-0.15, -0.1) is 0 Å². The Bertz CT molecular complexity index is 979. The molecule has 2 heterocycles. The van der Waals surface area contributed by atoms with E-state index in [9.17, 15) is 19.2 Å². The van der Waals surface area contributed by atoms with Crippen molar-refractivity contribution in [3.63, 3.8) is 0 Å². The van der Waals surface area contributed by atoms with Crippen LogP contribution < -0.4 is 9.64 Å². The molecule has 1 aromatic rings. The lowest BCUT2D eigenvalue weighted by Gasteiger charge is -2.29. The number of nitrogens with zero attached hydrogens (tertiary/aromatic N) is 1. The fourth-order valence-electron chi connectivity index (χ4n) is 4.44. The van der Waals surface area contributed by atoms with Crippen LogP contribution >= 0.6 is 0 Å². The zero-order valence-corrected chi connectivity index (χ0v) is 16.4. The van der Waals surface area contributed by atoms with Gasteiger partial charge in [-0.05, 0) is 31.5 Å². The van der Waals surface area contributed by atoms with Crippen LogP contribution in [0.5, 0.6) is 5.75 Å². The minimum absolute atomic E-state index is 0.0811. The first kappa shape index (κ1) is 19.2. The number of benzene rings is 1. The number of esters is 1. The summed E-state index contributed by atoms with van der Waals surface area (Å²) < 4.78 is 16.7.